The highest BCUT2D eigenvalue weighted by atomic mass is 16.2. The summed E-state index contributed by atoms with van der Waals surface area (Å²) in [6.45, 7) is 7.11. The molecule has 0 bridgehead atoms. The first kappa shape index (κ1) is 21.8. The lowest BCUT2D eigenvalue weighted by atomic mass is 10.1. The van der Waals surface area contributed by atoms with Gasteiger partial charge in [-0.25, -0.2) is 9.78 Å². The summed E-state index contributed by atoms with van der Waals surface area (Å²) in [4.78, 5) is 48.6. The largest absolute Gasteiger partial charge is 0.342 e. The lowest BCUT2D eigenvalue weighted by molar-refractivity contribution is -0.133. The summed E-state index contributed by atoms with van der Waals surface area (Å²) >= 11 is 0. The van der Waals surface area contributed by atoms with E-state index in [-0.39, 0.29) is 17.2 Å². The Kier molecular flexibility index (Phi) is 6.57. The first-order chi connectivity index (χ1) is 15.0. The van der Waals surface area contributed by atoms with Crippen molar-refractivity contribution in [2.24, 2.45) is 14.1 Å². The molecule has 0 unspecified atom stereocenters. The predicted molar refractivity (Wildman–Crippen MR) is 118 cm³/mol. The molecule has 0 radical (unpaired) electrons. The van der Waals surface area contributed by atoms with Crippen LogP contribution in [0.4, 0.5) is 0 Å². The lowest BCUT2D eigenvalue weighted by Gasteiger charge is -2.36. The molecular weight excluding hydrogens is 398 g/mol. The second-order valence-electron chi connectivity index (χ2n) is 8.74. The molecule has 2 aromatic heterocycles. The van der Waals surface area contributed by atoms with E-state index >= 15 is 0 Å². The lowest BCUT2D eigenvalue weighted by Crippen LogP contribution is -2.51. The fourth-order valence-corrected chi connectivity index (χ4v) is 4.65. The average molecular weight is 432 g/mol. The molecule has 0 saturated carbocycles. The van der Waals surface area contributed by atoms with Crippen molar-refractivity contribution in [3.05, 3.63) is 27.2 Å². The number of nitrogens with zero attached hydrogens (tertiary/aromatic N) is 7. The average Bonchev–Trinajstić information content (AvgIpc) is 3.18. The maximum Gasteiger partial charge on any atom is 0.332 e. The molecule has 0 N–H and O–H groups in total. The van der Waals surface area contributed by atoms with Gasteiger partial charge in [0.2, 0.25) is 5.91 Å². The van der Waals surface area contributed by atoms with E-state index in [0.29, 0.717) is 24.3 Å². The van der Waals surface area contributed by atoms with Gasteiger partial charge in [0.15, 0.2) is 11.2 Å². The Morgan fingerprint density at radius 2 is 1.61 bits per heavy atom. The van der Waals surface area contributed by atoms with Gasteiger partial charge in [0, 0.05) is 59.9 Å². The molecule has 2 fully saturated rings. The molecule has 1 amide bonds. The summed E-state index contributed by atoms with van der Waals surface area (Å²) in [6.07, 6.45) is 5.77. The van der Waals surface area contributed by atoms with Crippen LogP contribution in [0.15, 0.2) is 15.9 Å². The second-order valence-corrected chi connectivity index (χ2v) is 8.74. The predicted octanol–water partition coefficient (Wildman–Crippen LogP) is -0.546. The zero-order valence-electron chi connectivity index (χ0n) is 18.6. The molecule has 31 heavy (non-hydrogen) atoms. The van der Waals surface area contributed by atoms with Crippen LogP contribution in [-0.2, 0) is 25.4 Å². The van der Waals surface area contributed by atoms with Gasteiger partial charge in [-0.3, -0.25) is 23.6 Å². The molecule has 4 heterocycles. The minimum absolute atomic E-state index is 0.258. The van der Waals surface area contributed by atoms with E-state index in [2.05, 4.69) is 14.8 Å². The molecule has 2 saturated heterocycles. The minimum Gasteiger partial charge on any atom is -0.342 e. The maximum absolute atomic E-state index is 12.8. The number of piperidine rings is 1. The molecular formula is C21H33N7O3. The molecule has 0 spiro atoms. The molecule has 10 nitrogen and oxygen atoms in total. The summed E-state index contributed by atoms with van der Waals surface area (Å²) in [6, 6.07) is 0. The van der Waals surface area contributed by atoms with Crippen molar-refractivity contribution in [3.8, 4) is 0 Å². The van der Waals surface area contributed by atoms with Crippen molar-refractivity contribution in [2.75, 3.05) is 52.4 Å². The number of carbonyl (C=O) groups excluding carboxylic acids is 1. The van der Waals surface area contributed by atoms with Crippen LogP contribution in [0, 0.1) is 0 Å². The van der Waals surface area contributed by atoms with Crippen molar-refractivity contribution >= 4 is 17.1 Å². The van der Waals surface area contributed by atoms with Crippen LogP contribution < -0.4 is 11.2 Å². The number of likely N-dealkylation sites (tertiary alicyclic amines) is 1. The molecule has 0 atom stereocenters. The second kappa shape index (κ2) is 9.35. The Hall–Kier alpha value is -2.46. The Balaban J connectivity index is 1.27. The number of aryl methyl sites for hydroxylation is 2. The van der Waals surface area contributed by atoms with Gasteiger partial charge in [-0.05, 0) is 32.2 Å². The molecule has 170 valence electrons. The smallest absolute Gasteiger partial charge is 0.332 e. The van der Waals surface area contributed by atoms with E-state index in [1.54, 1.807) is 25.0 Å². The normalized spacial score (nSPS) is 18.7. The molecule has 0 aromatic carbocycles. The van der Waals surface area contributed by atoms with Crippen LogP contribution in [0.1, 0.15) is 25.7 Å². The molecule has 0 aliphatic carbocycles. The zero-order chi connectivity index (χ0) is 22.0. The van der Waals surface area contributed by atoms with Crippen molar-refractivity contribution in [2.45, 2.75) is 32.2 Å². The molecule has 2 aliphatic rings. The first-order valence-electron chi connectivity index (χ1n) is 11.3. The fraction of sp³-hybridized carbons (Fsp3) is 0.714. The number of carbonyl (C=O) groups is 1. The number of hydrogen-bond donors (Lipinski definition) is 0. The van der Waals surface area contributed by atoms with Gasteiger partial charge in [0.1, 0.15) is 0 Å². The number of aromatic nitrogens is 4. The number of rotatable bonds is 6. The summed E-state index contributed by atoms with van der Waals surface area (Å²) in [7, 11) is 3.42. The summed E-state index contributed by atoms with van der Waals surface area (Å²) in [5, 5.41) is 0. The van der Waals surface area contributed by atoms with E-state index in [1.807, 2.05) is 4.90 Å². The monoisotopic (exact) mass is 431 g/mol. The Morgan fingerprint density at radius 3 is 2.32 bits per heavy atom. The van der Waals surface area contributed by atoms with Gasteiger partial charge >= 0.3 is 5.69 Å². The van der Waals surface area contributed by atoms with Crippen molar-refractivity contribution in [1.29, 1.82) is 0 Å². The van der Waals surface area contributed by atoms with Crippen LogP contribution in [0.3, 0.4) is 0 Å². The Labute approximate surface area is 181 Å². The Morgan fingerprint density at radius 1 is 0.935 bits per heavy atom. The van der Waals surface area contributed by atoms with Crippen LogP contribution in [0.25, 0.3) is 11.2 Å². The zero-order valence-corrected chi connectivity index (χ0v) is 18.6. The quantitative estimate of drug-likeness (QED) is 0.610. The van der Waals surface area contributed by atoms with Crippen molar-refractivity contribution in [3.63, 3.8) is 0 Å². The van der Waals surface area contributed by atoms with Gasteiger partial charge in [-0.2, -0.15) is 0 Å². The van der Waals surface area contributed by atoms with Crippen LogP contribution in [0.2, 0.25) is 0 Å². The molecule has 10 heteroatoms. The van der Waals surface area contributed by atoms with Gasteiger partial charge in [0.25, 0.3) is 5.56 Å². The maximum atomic E-state index is 12.8. The van der Waals surface area contributed by atoms with Gasteiger partial charge < -0.3 is 14.4 Å². The molecule has 2 aliphatic heterocycles. The van der Waals surface area contributed by atoms with E-state index in [4.69, 9.17) is 0 Å². The van der Waals surface area contributed by atoms with Crippen LogP contribution in [-0.4, -0.2) is 91.7 Å². The summed E-state index contributed by atoms with van der Waals surface area (Å²) in [5.41, 5.74) is 0.273. The third-order valence-corrected chi connectivity index (χ3v) is 6.59. The highest BCUT2D eigenvalue weighted by Gasteiger charge is 2.23. The molecule has 2 aromatic rings. The highest BCUT2D eigenvalue weighted by Crippen LogP contribution is 2.10. The molecule has 4 rings (SSSR count). The number of fused-ring (bicyclic) bond motifs is 1. The van der Waals surface area contributed by atoms with Gasteiger partial charge in [-0.15, -0.1) is 0 Å². The van der Waals surface area contributed by atoms with Gasteiger partial charge in [-0.1, -0.05) is 0 Å². The topological polar surface area (TPSA) is 88.6 Å². The number of hydrogen-bond acceptors (Lipinski definition) is 6. The minimum atomic E-state index is -0.322. The summed E-state index contributed by atoms with van der Waals surface area (Å²) < 4.78 is 4.42. The fourth-order valence-electron chi connectivity index (χ4n) is 4.65. The first-order valence-corrected chi connectivity index (χ1v) is 11.3. The standard InChI is InChI=1S/C21H33N7O3/c1-23-16-22-19-18(23)20(30)28(21(31)24(19)2)10-6-7-25-11-13-26(14-12-25)15-17(29)27-8-4-3-5-9-27/h16H,3-15H2,1-2H3. The number of piperazine rings is 1. The van der Waals surface area contributed by atoms with Crippen molar-refractivity contribution < 1.29 is 4.79 Å². The number of imidazole rings is 1. The van der Waals surface area contributed by atoms with E-state index in [1.165, 1.54) is 15.6 Å². The van der Waals surface area contributed by atoms with E-state index in [9.17, 15) is 14.4 Å². The van der Waals surface area contributed by atoms with Crippen LogP contribution >= 0.6 is 0 Å². The third kappa shape index (κ3) is 4.59. The SMILES string of the molecule is Cn1cnc2c1c(=O)n(CCCN1CCN(CC(=O)N3CCCCC3)CC1)c(=O)n2C. The van der Waals surface area contributed by atoms with Crippen molar-refractivity contribution in [1.82, 2.24) is 33.4 Å². The summed E-state index contributed by atoms with van der Waals surface area (Å²) in [5.74, 6) is 0.258. The third-order valence-electron chi connectivity index (χ3n) is 6.59. The van der Waals surface area contributed by atoms with E-state index < -0.39 is 0 Å². The van der Waals surface area contributed by atoms with E-state index in [0.717, 1.165) is 65.1 Å². The highest BCUT2D eigenvalue weighted by molar-refractivity contribution is 5.78. The number of amides is 1. The Bertz CT molecular complexity index is 1040. The van der Waals surface area contributed by atoms with Gasteiger partial charge in [0.05, 0.1) is 12.9 Å². The van der Waals surface area contributed by atoms with Crippen LogP contribution in [0.5, 0.6) is 0 Å².